The molecule has 1 radical (unpaired) electrons. The van der Waals surface area contributed by atoms with Crippen molar-refractivity contribution in [3.05, 3.63) is 93.3 Å². The van der Waals surface area contributed by atoms with E-state index in [1.54, 1.807) is 0 Å². The van der Waals surface area contributed by atoms with E-state index in [1.165, 1.54) is 0 Å². The molecule has 0 bridgehead atoms. The van der Waals surface area contributed by atoms with Crippen LogP contribution in [0.2, 0.25) is 0 Å². The van der Waals surface area contributed by atoms with Gasteiger partial charge >= 0.3 is 31.1 Å². The fourth-order valence-electron chi connectivity index (χ4n) is 0.820. The van der Waals surface area contributed by atoms with E-state index in [0.717, 1.165) is 5.56 Å². The van der Waals surface area contributed by atoms with Crippen LogP contribution in [0, 0.1) is 58.2 Å². The van der Waals surface area contributed by atoms with Crippen molar-refractivity contribution >= 4 is 0 Å². The van der Waals surface area contributed by atoms with Crippen LogP contribution in [0.1, 0.15) is 5.56 Å². The zero-order chi connectivity index (χ0) is 12.8. The Morgan fingerprint density at radius 3 is 1.35 bits per heavy atom. The molecule has 0 aliphatic rings. The zero-order valence-electron chi connectivity index (χ0n) is 11.3. The summed E-state index contributed by atoms with van der Waals surface area (Å²) < 4.78 is 0. The van der Waals surface area contributed by atoms with E-state index < -0.39 is 0 Å². The molecule has 0 unspecified atom stereocenters. The molecule has 0 aliphatic carbocycles. The molecule has 2 N–H and O–H groups in total. The van der Waals surface area contributed by atoms with Crippen LogP contribution in [0.4, 0.5) is 0 Å². The first-order chi connectivity index (χ1) is 8.31. The number of hydrogen-bond donors (Lipinski definition) is 2. The van der Waals surface area contributed by atoms with Gasteiger partial charge in [0.2, 0.25) is 0 Å². The Kier molecular flexibility index (Phi) is 35.2. The van der Waals surface area contributed by atoms with E-state index in [1.807, 2.05) is 60.7 Å². The standard InChI is InChI=1S/C7H7.C6H5.C2H6N2.U.V.W/c1-7-5-3-2-4-6-7;1-2-4-6-5-3-1;1-3-4-2;;;/h2-6H,1H2;1-5H;3-4H,1-2H2;;;/q2*-1;-2;+2;;. The average Bonchev–Trinajstić information content (AvgIpc) is 2.43. The summed E-state index contributed by atoms with van der Waals surface area (Å²) >= 11 is 0. The van der Waals surface area contributed by atoms with Gasteiger partial charge in [-0.25, -0.2) is 0 Å². The van der Waals surface area contributed by atoms with Gasteiger partial charge in [-0.3, -0.25) is 14.1 Å². The Balaban J connectivity index is -0.0000000924. The normalized spacial score (nSPS) is 6.90. The summed E-state index contributed by atoms with van der Waals surface area (Å²) in [6, 6.07) is 22.4. The predicted molar refractivity (Wildman–Crippen MR) is 73.2 cm³/mol. The van der Waals surface area contributed by atoms with Crippen molar-refractivity contribution in [2.24, 2.45) is 0 Å². The van der Waals surface area contributed by atoms with Gasteiger partial charge in [-0.2, -0.15) is 61.0 Å². The minimum Gasteiger partial charge on any atom is -0.440 e. The smallest absolute Gasteiger partial charge is 0.440 e. The Hall–Kier alpha value is 0.555. The number of hydrogen-bond acceptors (Lipinski definition) is 2. The van der Waals surface area contributed by atoms with Gasteiger partial charge in [0, 0.05) is 39.6 Å². The van der Waals surface area contributed by atoms with Gasteiger partial charge in [-0.05, 0) is 0 Å². The Morgan fingerprint density at radius 1 is 0.800 bits per heavy atom. The second-order valence-electron chi connectivity index (χ2n) is 2.92. The molecule has 0 atom stereocenters. The molecule has 0 saturated heterocycles. The van der Waals surface area contributed by atoms with E-state index in [2.05, 4.69) is 37.9 Å². The van der Waals surface area contributed by atoms with Crippen molar-refractivity contribution in [1.82, 2.24) is 10.9 Å². The van der Waals surface area contributed by atoms with Crippen LogP contribution < -0.4 is 10.9 Å². The number of rotatable bonds is 1. The maximum Gasteiger partial charge on any atom is 2.00 e. The molecule has 0 aliphatic heterocycles. The van der Waals surface area contributed by atoms with Gasteiger partial charge in [-0.1, -0.05) is 6.07 Å². The average molecular weight is 699 g/mol. The third kappa shape index (κ3) is 23.6. The second kappa shape index (κ2) is 24.6. The van der Waals surface area contributed by atoms with Crippen LogP contribution in [0.5, 0.6) is 0 Å². The zero-order valence-corrected chi connectivity index (χ0v) is 19.7. The van der Waals surface area contributed by atoms with Crippen LogP contribution in [-0.2, 0) is 39.6 Å². The monoisotopic (exact) mass is 699 g/mol. The second-order valence-corrected chi connectivity index (χ2v) is 2.92. The van der Waals surface area contributed by atoms with Gasteiger partial charge in [0.25, 0.3) is 0 Å². The molecule has 2 rings (SSSR count). The first-order valence-electron chi connectivity index (χ1n) is 5.13. The van der Waals surface area contributed by atoms with Crippen LogP contribution in [0.25, 0.3) is 0 Å². The van der Waals surface area contributed by atoms with Crippen molar-refractivity contribution in [3.63, 3.8) is 0 Å². The number of nitrogens with one attached hydrogen (secondary N) is 2. The third-order valence-electron chi connectivity index (χ3n) is 1.57. The van der Waals surface area contributed by atoms with Crippen molar-refractivity contribution < 1.29 is 70.7 Å². The number of benzene rings is 2. The first-order valence-corrected chi connectivity index (χ1v) is 5.13. The molecular formula is C15H18N2UVW-2. The fourth-order valence-corrected chi connectivity index (χ4v) is 0.820. The predicted octanol–water partition coefficient (Wildman–Crippen LogP) is 3.01. The van der Waals surface area contributed by atoms with Gasteiger partial charge in [0.1, 0.15) is 0 Å². The van der Waals surface area contributed by atoms with E-state index in [0.29, 0.717) is 0 Å². The van der Waals surface area contributed by atoms with E-state index in [-0.39, 0.29) is 70.7 Å². The quantitative estimate of drug-likeness (QED) is 0.354. The minimum absolute atomic E-state index is 0. The molecule has 0 aromatic heterocycles. The molecule has 105 valence electrons. The van der Waals surface area contributed by atoms with Crippen molar-refractivity contribution in [1.29, 1.82) is 0 Å². The first kappa shape index (κ1) is 28.7. The SMILES string of the molecule is [CH2-]NN[CH2-].[CH2-]c1ccccc1.[U+2].[V].[W].[c-]1ccccc1. The molecule has 2 nitrogen and oxygen atoms in total. The molecule has 0 heterocycles. The number of hydrazine groups is 1. The van der Waals surface area contributed by atoms with Crippen LogP contribution in [-0.4, -0.2) is 0 Å². The van der Waals surface area contributed by atoms with E-state index in [9.17, 15) is 0 Å². The van der Waals surface area contributed by atoms with Crippen molar-refractivity contribution in [2.75, 3.05) is 0 Å². The van der Waals surface area contributed by atoms with E-state index >= 15 is 0 Å². The largest absolute Gasteiger partial charge is 2.00 e. The van der Waals surface area contributed by atoms with E-state index in [4.69, 9.17) is 0 Å². The van der Waals surface area contributed by atoms with Crippen molar-refractivity contribution in [2.45, 2.75) is 0 Å². The molecule has 20 heavy (non-hydrogen) atoms. The molecule has 0 amide bonds. The Morgan fingerprint density at radius 2 is 1.20 bits per heavy atom. The molecular weight excluding hydrogens is 681 g/mol. The summed E-state index contributed by atoms with van der Waals surface area (Å²) in [7, 11) is 6.36. The minimum atomic E-state index is 0. The molecule has 0 saturated carbocycles. The molecule has 5 heteroatoms. The molecule has 2 aromatic carbocycles. The summed E-state index contributed by atoms with van der Waals surface area (Å²) in [6.45, 7) is 3.72. The topological polar surface area (TPSA) is 24.1 Å². The summed E-state index contributed by atoms with van der Waals surface area (Å²) in [4.78, 5) is 0. The maximum atomic E-state index is 3.72. The molecule has 0 spiro atoms. The van der Waals surface area contributed by atoms with Gasteiger partial charge in [0.05, 0.1) is 0 Å². The molecule has 2 aromatic rings. The maximum absolute atomic E-state index is 3.72. The van der Waals surface area contributed by atoms with Gasteiger partial charge < -0.3 is 10.9 Å². The van der Waals surface area contributed by atoms with Crippen molar-refractivity contribution in [3.8, 4) is 0 Å². The molecule has 0 fully saturated rings. The van der Waals surface area contributed by atoms with Gasteiger partial charge in [-0.15, -0.1) is 12.1 Å². The Labute approximate surface area is 173 Å². The van der Waals surface area contributed by atoms with Crippen LogP contribution in [0.15, 0.2) is 60.7 Å². The van der Waals surface area contributed by atoms with Gasteiger partial charge in [0.15, 0.2) is 0 Å². The Bertz CT molecular complexity index is 321. The van der Waals surface area contributed by atoms with Crippen LogP contribution >= 0.6 is 0 Å². The summed E-state index contributed by atoms with van der Waals surface area (Å²) in [6.07, 6.45) is 0. The summed E-state index contributed by atoms with van der Waals surface area (Å²) in [5.74, 6) is 0. The summed E-state index contributed by atoms with van der Waals surface area (Å²) in [5.41, 5.74) is 5.71. The van der Waals surface area contributed by atoms with Crippen LogP contribution in [0.3, 0.4) is 0 Å². The third-order valence-corrected chi connectivity index (χ3v) is 1.57. The summed E-state index contributed by atoms with van der Waals surface area (Å²) in [5, 5.41) is 0. The fraction of sp³-hybridized carbons (Fsp3) is 0.